The van der Waals surface area contributed by atoms with Gasteiger partial charge in [0.15, 0.2) is 6.73 Å². The molecule has 0 spiro atoms. The number of rotatable bonds is 4. The molecule has 2 amide bonds. The first kappa shape index (κ1) is 14.2. The third-order valence-corrected chi connectivity index (χ3v) is 2.90. The number of carbonyl (C=O) groups is 1. The molecule has 0 aliphatic carbocycles. The van der Waals surface area contributed by atoms with Crippen LogP contribution in [0.4, 0.5) is 10.5 Å². The Morgan fingerprint density at radius 3 is 2.70 bits per heavy atom. The van der Waals surface area contributed by atoms with Gasteiger partial charge >= 0.3 is 6.03 Å². The summed E-state index contributed by atoms with van der Waals surface area (Å²) in [6, 6.07) is 14.3. The van der Waals surface area contributed by atoms with Crippen LogP contribution >= 0.6 is 11.6 Å². The molecular weight excluding hydrogens is 276 g/mol. The van der Waals surface area contributed by atoms with Crippen molar-refractivity contribution in [1.29, 1.82) is 0 Å². The van der Waals surface area contributed by atoms with Gasteiger partial charge in [-0.15, -0.1) is 0 Å². The molecule has 4 nitrogen and oxygen atoms in total. The molecule has 5 heteroatoms. The van der Waals surface area contributed by atoms with Crippen LogP contribution in [-0.4, -0.2) is 12.8 Å². The summed E-state index contributed by atoms with van der Waals surface area (Å²) in [6.45, 7) is 1.99. The number of anilines is 1. The number of benzene rings is 2. The highest BCUT2D eigenvalue weighted by Crippen LogP contribution is 2.19. The molecule has 2 aromatic rings. The Bertz CT molecular complexity index is 588. The maximum Gasteiger partial charge on any atom is 0.321 e. The zero-order chi connectivity index (χ0) is 14.4. The molecular formula is C15H15ClN2O2. The number of para-hydroxylation sites is 1. The van der Waals surface area contributed by atoms with E-state index in [1.807, 2.05) is 43.3 Å². The van der Waals surface area contributed by atoms with Crippen molar-refractivity contribution in [2.75, 3.05) is 12.0 Å². The van der Waals surface area contributed by atoms with E-state index in [-0.39, 0.29) is 12.8 Å². The highest BCUT2D eigenvalue weighted by molar-refractivity contribution is 6.31. The van der Waals surface area contributed by atoms with Crippen molar-refractivity contribution >= 4 is 23.3 Å². The number of nitrogens with one attached hydrogen (secondary N) is 2. The molecule has 2 N–H and O–H groups in total. The molecule has 0 atom stereocenters. The van der Waals surface area contributed by atoms with E-state index in [0.29, 0.717) is 16.5 Å². The summed E-state index contributed by atoms with van der Waals surface area (Å²) in [5, 5.41) is 5.91. The molecule has 2 rings (SSSR count). The summed E-state index contributed by atoms with van der Waals surface area (Å²) in [6.07, 6.45) is 0. The SMILES string of the molecule is Cc1ccc(Cl)cc1NC(=O)NCOc1ccccc1. The fourth-order valence-corrected chi connectivity index (χ4v) is 1.77. The van der Waals surface area contributed by atoms with Gasteiger partial charge in [0, 0.05) is 10.7 Å². The van der Waals surface area contributed by atoms with E-state index in [0.717, 1.165) is 5.56 Å². The summed E-state index contributed by atoms with van der Waals surface area (Å²) >= 11 is 5.89. The van der Waals surface area contributed by atoms with Crippen LogP contribution in [0.2, 0.25) is 5.02 Å². The molecule has 0 bridgehead atoms. The highest BCUT2D eigenvalue weighted by Gasteiger charge is 2.04. The van der Waals surface area contributed by atoms with Gasteiger partial charge in [-0.1, -0.05) is 35.9 Å². The van der Waals surface area contributed by atoms with Crippen LogP contribution in [0, 0.1) is 6.92 Å². The van der Waals surface area contributed by atoms with E-state index in [1.54, 1.807) is 12.1 Å². The molecule has 2 aromatic carbocycles. The Morgan fingerprint density at radius 1 is 1.20 bits per heavy atom. The van der Waals surface area contributed by atoms with Gasteiger partial charge in [-0.2, -0.15) is 0 Å². The topological polar surface area (TPSA) is 50.4 Å². The van der Waals surface area contributed by atoms with Crippen LogP contribution in [0.15, 0.2) is 48.5 Å². The number of hydrogen-bond acceptors (Lipinski definition) is 2. The van der Waals surface area contributed by atoms with Crippen molar-refractivity contribution in [3.63, 3.8) is 0 Å². The van der Waals surface area contributed by atoms with Crippen molar-refractivity contribution in [2.45, 2.75) is 6.92 Å². The van der Waals surface area contributed by atoms with Gasteiger partial charge in [-0.25, -0.2) is 4.79 Å². The zero-order valence-electron chi connectivity index (χ0n) is 11.0. The van der Waals surface area contributed by atoms with Gasteiger partial charge in [0.2, 0.25) is 0 Å². The lowest BCUT2D eigenvalue weighted by Gasteiger charge is -2.11. The molecule has 0 saturated heterocycles. The number of carbonyl (C=O) groups excluding carboxylic acids is 1. The van der Waals surface area contributed by atoms with Gasteiger partial charge in [0.05, 0.1) is 0 Å². The third kappa shape index (κ3) is 4.17. The number of urea groups is 1. The van der Waals surface area contributed by atoms with Gasteiger partial charge in [-0.3, -0.25) is 0 Å². The monoisotopic (exact) mass is 290 g/mol. The molecule has 0 radical (unpaired) electrons. The normalized spacial score (nSPS) is 9.90. The van der Waals surface area contributed by atoms with Crippen molar-refractivity contribution < 1.29 is 9.53 Å². The molecule has 0 aliphatic rings. The first-order valence-electron chi connectivity index (χ1n) is 6.14. The second-order valence-corrected chi connectivity index (χ2v) is 4.63. The molecule has 0 heterocycles. The summed E-state index contributed by atoms with van der Waals surface area (Å²) in [5.74, 6) is 0.701. The number of aryl methyl sites for hydroxylation is 1. The van der Waals surface area contributed by atoms with Crippen molar-refractivity contribution in [3.8, 4) is 5.75 Å². The van der Waals surface area contributed by atoms with Crippen LogP contribution in [-0.2, 0) is 0 Å². The van der Waals surface area contributed by atoms with Gasteiger partial charge in [-0.05, 0) is 36.8 Å². The number of halogens is 1. The van der Waals surface area contributed by atoms with Crippen LogP contribution in [0.25, 0.3) is 0 Å². The average molecular weight is 291 g/mol. The first-order chi connectivity index (χ1) is 9.65. The van der Waals surface area contributed by atoms with E-state index in [4.69, 9.17) is 16.3 Å². The average Bonchev–Trinajstić information content (AvgIpc) is 2.44. The number of ether oxygens (including phenoxy) is 1. The Hall–Kier alpha value is -2.20. The van der Waals surface area contributed by atoms with Crippen LogP contribution in [0.5, 0.6) is 5.75 Å². The molecule has 0 aliphatic heterocycles. The largest absolute Gasteiger partial charge is 0.473 e. The standard InChI is InChI=1S/C15H15ClN2O2/c1-11-7-8-12(16)9-14(11)18-15(19)17-10-20-13-5-3-2-4-6-13/h2-9H,10H2,1H3,(H2,17,18,19). The molecule has 0 unspecified atom stereocenters. The van der Waals surface area contributed by atoms with Gasteiger partial charge in [0.25, 0.3) is 0 Å². The Morgan fingerprint density at radius 2 is 1.95 bits per heavy atom. The first-order valence-corrected chi connectivity index (χ1v) is 6.52. The summed E-state index contributed by atoms with van der Waals surface area (Å²) in [7, 11) is 0. The lowest BCUT2D eigenvalue weighted by Crippen LogP contribution is -2.32. The third-order valence-electron chi connectivity index (χ3n) is 2.66. The van der Waals surface area contributed by atoms with Crippen LogP contribution in [0.3, 0.4) is 0 Å². The Labute approximate surface area is 122 Å². The second kappa shape index (κ2) is 6.82. The van der Waals surface area contributed by atoms with Crippen molar-refractivity contribution in [3.05, 3.63) is 59.1 Å². The van der Waals surface area contributed by atoms with E-state index in [1.165, 1.54) is 0 Å². The molecule has 104 valence electrons. The Kier molecular flexibility index (Phi) is 4.85. The summed E-state index contributed by atoms with van der Waals surface area (Å²) < 4.78 is 5.37. The highest BCUT2D eigenvalue weighted by atomic mass is 35.5. The second-order valence-electron chi connectivity index (χ2n) is 4.19. The molecule has 0 aromatic heterocycles. The zero-order valence-corrected chi connectivity index (χ0v) is 11.8. The predicted molar refractivity (Wildman–Crippen MR) is 80.3 cm³/mol. The summed E-state index contributed by atoms with van der Waals surface area (Å²) in [5.41, 5.74) is 1.61. The maximum atomic E-state index is 11.7. The Balaban J connectivity index is 1.82. The fraction of sp³-hybridized carbons (Fsp3) is 0.133. The van der Waals surface area contributed by atoms with E-state index in [9.17, 15) is 4.79 Å². The molecule has 0 fully saturated rings. The van der Waals surface area contributed by atoms with Gasteiger partial charge < -0.3 is 15.4 Å². The quantitative estimate of drug-likeness (QED) is 0.841. The van der Waals surface area contributed by atoms with Crippen molar-refractivity contribution in [2.24, 2.45) is 0 Å². The smallest absolute Gasteiger partial charge is 0.321 e. The van der Waals surface area contributed by atoms with E-state index >= 15 is 0 Å². The predicted octanol–water partition coefficient (Wildman–Crippen LogP) is 3.81. The molecule has 0 saturated carbocycles. The van der Waals surface area contributed by atoms with Crippen molar-refractivity contribution in [1.82, 2.24) is 5.32 Å². The van der Waals surface area contributed by atoms with Crippen LogP contribution < -0.4 is 15.4 Å². The molecule has 20 heavy (non-hydrogen) atoms. The van der Waals surface area contributed by atoms with E-state index < -0.39 is 0 Å². The van der Waals surface area contributed by atoms with Gasteiger partial charge in [0.1, 0.15) is 5.75 Å². The number of amides is 2. The lowest BCUT2D eigenvalue weighted by atomic mass is 10.2. The maximum absolute atomic E-state index is 11.7. The minimum absolute atomic E-state index is 0.0927. The number of hydrogen-bond donors (Lipinski definition) is 2. The van der Waals surface area contributed by atoms with E-state index in [2.05, 4.69) is 10.6 Å². The fourth-order valence-electron chi connectivity index (χ4n) is 1.60. The van der Waals surface area contributed by atoms with Crippen LogP contribution in [0.1, 0.15) is 5.56 Å². The minimum Gasteiger partial charge on any atom is -0.473 e. The minimum atomic E-state index is -0.341. The lowest BCUT2D eigenvalue weighted by molar-refractivity contribution is 0.234. The summed E-state index contributed by atoms with van der Waals surface area (Å²) in [4.78, 5) is 11.7.